The lowest BCUT2D eigenvalue weighted by Gasteiger charge is -2.31. The van der Waals surface area contributed by atoms with E-state index >= 15 is 0 Å². The molecule has 42 heavy (non-hydrogen) atoms. The van der Waals surface area contributed by atoms with Crippen molar-refractivity contribution >= 4 is 52.6 Å². The molecule has 3 heterocycles. The first-order chi connectivity index (χ1) is 20.2. The van der Waals surface area contributed by atoms with Gasteiger partial charge in [-0.2, -0.15) is 4.80 Å². The highest BCUT2D eigenvalue weighted by Crippen LogP contribution is 2.43. The second-order valence-electron chi connectivity index (χ2n) is 8.79. The smallest absolute Gasteiger partial charge is 0.336 e. The van der Waals surface area contributed by atoms with Crippen LogP contribution in [0.15, 0.2) is 53.1 Å². The van der Waals surface area contributed by atoms with Crippen LogP contribution in [0.5, 0.6) is 0 Å². The Balaban J connectivity index is 1.52. The van der Waals surface area contributed by atoms with Crippen molar-refractivity contribution in [2.45, 2.75) is 32.9 Å². The fraction of sp³-hybridized carbons (Fsp3) is 0.346. The third-order valence-corrected chi connectivity index (χ3v) is 7.10. The number of allylic oxidation sites excluding steroid dienone is 1. The van der Waals surface area contributed by atoms with Gasteiger partial charge in [-0.05, 0) is 30.7 Å². The van der Waals surface area contributed by atoms with Crippen LogP contribution < -0.4 is 10.6 Å². The number of halogens is 3. The normalized spacial score (nSPS) is 15.0. The van der Waals surface area contributed by atoms with Gasteiger partial charge in [0.2, 0.25) is 0 Å². The maximum Gasteiger partial charge on any atom is 0.336 e. The number of tetrazole rings is 1. The fourth-order valence-electron chi connectivity index (χ4n) is 4.28. The van der Waals surface area contributed by atoms with E-state index in [4.69, 9.17) is 49.0 Å². The monoisotopic (exact) mass is 636 g/mol. The Morgan fingerprint density at radius 2 is 1.93 bits per heavy atom. The van der Waals surface area contributed by atoms with E-state index < -0.39 is 17.9 Å². The summed E-state index contributed by atoms with van der Waals surface area (Å²) in [6, 6.07) is 6.59. The predicted molar refractivity (Wildman–Crippen MR) is 154 cm³/mol. The minimum Gasteiger partial charge on any atom is -0.466 e. The number of ether oxygens (including phenoxy) is 3. The van der Waals surface area contributed by atoms with Gasteiger partial charge in [0.25, 0.3) is 0 Å². The molecule has 0 fully saturated rings. The van der Waals surface area contributed by atoms with E-state index in [9.17, 15) is 9.59 Å². The summed E-state index contributed by atoms with van der Waals surface area (Å²) in [6.07, 6.45) is 1.36. The maximum atomic E-state index is 13.3. The van der Waals surface area contributed by atoms with Crippen molar-refractivity contribution in [2.75, 3.05) is 32.2 Å². The van der Waals surface area contributed by atoms with E-state index in [1.807, 2.05) is 0 Å². The molecule has 1 aliphatic rings. The van der Waals surface area contributed by atoms with Crippen molar-refractivity contribution in [3.63, 3.8) is 0 Å². The lowest BCUT2D eigenvalue weighted by Crippen LogP contribution is -2.34. The number of nitrogens with one attached hydrogen (secondary N) is 2. The number of anilines is 1. The topological polar surface area (TPSA) is 155 Å². The molecule has 1 aromatic carbocycles. The van der Waals surface area contributed by atoms with E-state index in [2.05, 4.69) is 36.0 Å². The Hall–Kier alpha value is -3.78. The van der Waals surface area contributed by atoms with Crippen LogP contribution in [0.1, 0.15) is 31.2 Å². The molecule has 2 N–H and O–H groups in total. The molecule has 13 nitrogen and oxygen atoms in total. The van der Waals surface area contributed by atoms with Crippen molar-refractivity contribution in [1.29, 1.82) is 0 Å². The van der Waals surface area contributed by atoms with Gasteiger partial charge in [0, 0.05) is 18.3 Å². The van der Waals surface area contributed by atoms with Crippen LogP contribution in [0.2, 0.25) is 15.2 Å². The van der Waals surface area contributed by atoms with Crippen molar-refractivity contribution in [1.82, 2.24) is 35.5 Å². The molecule has 2 aromatic heterocycles. The molecule has 4 rings (SSSR count). The molecule has 0 aliphatic carbocycles. The zero-order valence-corrected chi connectivity index (χ0v) is 25.1. The van der Waals surface area contributed by atoms with E-state index in [0.29, 0.717) is 46.8 Å². The Kier molecular flexibility index (Phi) is 10.7. The molecule has 0 bridgehead atoms. The second-order valence-corrected chi connectivity index (χ2v) is 9.96. The van der Waals surface area contributed by atoms with Crippen LogP contribution in [-0.2, 0) is 37.0 Å². The number of esters is 2. The van der Waals surface area contributed by atoms with Crippen molar-refractivity contribution in [3.8, 4) is 0 Å². The third-order valence-electron chi connectivity index (χ3n) is 6.06. The van der Waals surface area contributed by atoms with E-state index in [1.165, 1.54) is 18.2 Å². The number of rotatable bonds is 12. The summed E-state index contributed by atoms with van der Waals surface area (Å²) < 4.78 is 16.3. The molecule has 0 amide bonds. The summed E-state index contributed by atoms with van der Waals surface area (Å²) in [5.41, 5.74) is 1.60. The number of nitrogens with zero attached hydrogens (tertiary/aromatic N) is 6. The van der Waals surface area contributed by atoms with Crippen LogP contribution in [0.4, 0.5) is 5.82 Å². The number of methoxy groups -OCH3 is 1. The Labute approximate surface area is 256 Å². The SMILES string of the molecule is CCOC(=O)C1=C(COCc2nnn(CCNc3cc(Cl)ncn3)n2)NC(C)=C(C(=O)OC)C1c1cccc(Cl)c1Cl. The highest BCUT2D eigenvalue weighted by molar-refractivity contribution is 6.42. The molecular formula is C26H27Cl3N8O5. The molecule has 1 atom stereocenters. The van der Waals surface area contributed by atoms with E-state index in [1.54, 1.807) is 38.1 Å². The van der Waals surface area contributed by atoms with Crippen LogP contribution in [0, 0.1) is 0 Å². The average molecular weight is 638 g/mol. The molecule has 16 heteroatoms. The number of dihydropyridines is 1. The van der Waals surface area contributed by atoms with Gasteiger partial charge in [0.15, 0.2) is 5.82 Å². The van der Waals surface area contributed by atoms with Crippen LogP contribution in [0.25, 0.3) is 0 Å². The number of aromatic nitrogens is 6. The van der Waals surface area contributed by atoms with E-state index in [-0.39, 0.29) is 41.0 Å². The predicted octanol–water partition coefficient (Wildman–Crippen LogP) is 3.70. The van der Waals surface area contributed by atoms with Crippen LogP contribution >= 0.6 is 34.8 Å². The summed E-state index contributed by atoms with van der Waals surface area (Å²) >= 11 is 18.7. The quantitative estimate of drug-likeness (QED) is 0.220. The first-order valence-corrected chi connectivity index (χ1v) is 13.8. The van der Waals surface area contributed by atoms with Crippen molar-refractivity contribution in [2.24, 2.45) is 0 Å². The minimum absolute atomic E-state index is 0.00849. The fourth-order valence-corrected chi connectivity index (χ4v) is 4.85. The van der Waals surface area contributed by atoms with Gasteiger partial charge in [0.1, 0.15) is 23.9 Å². The molecule has 1 aliphatic heterocycles. The summed E-state index contributed by atoms with van der Waals surface area (Å²) in [4.78, 5) is 35.6. The summed E-state index contributed by atoms with van der Waals surface area (Å²) in [5, 5.41) is 19.3. The molecule has 0 spiro atoms. The van der Waals surface area contributed by atoms with Crippen LogP contribution in [-0.4, -0.2) is 69.0 Å². The number of benzene rings is 1. The molecule has 3 aromatic rings. The number of hydrogen-bond donors (Lipinski definition) is 2. The first-order valence-electron chi connectivity index (χ1n) is 12.7. The molecule has 0 saturated heterocycles. The Bertz CT molecular complexity index is 1530. The number of hydrogen-bond acceptors (Lipinski definition) is 12. The first kappa shape index (κ1) is 31.2. The highest BCUT2D eigenvalue weighted by Gasteiger charge is 2.40. The van der Waals surface area contributed by atoms with Gasteiger partial charge >= 0.3 is 11.9 Å². The zero-order valence-electron chi connectivity index (χ0n) is 22.9. The van der Waals surface area contributed by atoms with Gasteiger partial charge in [-0.15, -0.1) is 10.2 Å². The van der Waals surface area contributed by atoms with Gasteiger partial charge in [-0.3, -0.25) is 0 Å². The zero-order chi connectivity index (χ0) is 30.2. The Morgan fingerprint density at radius 1 is 1.12 bits per heavy atom. The lowest BCUT2D eigenvalue weighted by atomic mass is 9.80. The molecular weight excluding hydrogens is 611 g/mol. The molecule has 0 saturated carbocycles. The third kappa shape index (κ3) is 7.34. The van der Waals surface area contributed by atoms with Crippen LogP contribution in [0.3, 0.4) is 0 Å². The van der Waals surface area contributed by atoms with Gasteiger partial charge in [-0.25, -0.2) is 19.6 Å². The average Bonchev–Trinajstić information content (AvgIpc) is 3.41. The number of carbonyl (C=O) groups is 2. The van der Waals surface area contributed by atoms with Crippen molar-refractivity contribution < 1.29 is 23.8 Å². The maximum absolute atomic E-state index is 13.3. The summed E-state index contributed by atoms with van der Waals surface area (Å²) in [5.74, 6) is -1.33. The van der Waals surface area contributed by atoms with E-state index in [0.717, 1.165) is 0 Å². The Morgan fingerprint density at radius 3 is 2.67 bits per heavy atom. The minimum atomic E-state index is -0.932. The van der Waals surface area contributed by atoms with Gasteiger partial charge < -0.3 is 24.8 Å². The highest BCUT2D eigenvalue weighted by atomic mass is 35.5. The largest absolute Gasteiger partial charge is 0.466 e. The van der Waals surface area contributed by atoms with Gasteiger partial charge in [0.05, 0.1) is 59.7 Å². The summed E-state index contributed by atoms with van der Waals surface area (Å²) in [7, 11) is 1.26. The molecule has 222 valence electrons. The number of carbonyl (C=O) groups excluding carboxylic acids is 2. The lowest BCUT2D eigenvalue weighted by molar-refractivity contribution is -0.139. The van der Waals surface area contributed by atoms with Crippen molar-refractivity contribution in [3.05, 3.63) is 79.7 Å². The standard InChI is InChI=1S/C26H27Cl3N8O5/c1-4-42-26(39)23-17(33-14(2)21(25(38)40-3)22(23)15-6-5-7-16(27)24(15)29)11-41-12-20-34-36-37(35-20)9-8-30-19-10-18(28)31-13-32-19/h5-7,10,13,22,33H,4,8-9,11-12H2,1-3H3,(H,30,31,32). The second kappa shape index (κ2) is 14.4. The van der Waals surface area contributed by atoms with Gasteiger partial charge in [-0.1, -0.05) is 46.9 Å². The summed E-state index contributed by atoms with van der Waals surface area (Å²) in [6.45, 7) is 4.26. The molecule has 1 unspecified atom stereocenters. The molecule has 0 radical (unpaired) electrons.